The number of rotatable bonds is 7. The van der Waals surface area contributed by atoms with Gasteiger partial charge in [-0.1, -0.05) is 74.4 Å². The lowest BCUT2D eigenvalue weighted by molar-refractivity contribution is 0.0593. The minimum atomic E-state index is -0.838. The zero-order valence-electron chi connectivity index (χ0n) is 15.8. The molecule has 5 heteroatoms. The van der Waals surface area contributed by atoms with E-state index in [-0.39, 0.29) is 35.9 Å². The van der Waals surface area contributed by atoms with Gasteiger partial charge in [0.15, 0.2) is 11.6 Å². The van der Waals surface area contributed by atoms with Gasteiger partial charge >= 0.3 is 6.16 Å². The minimum Gasteiger partial charge on any atom is -0.434 e. The fraction of sp³-hybridized carbons (Fsp3) is 0.261. The molecule has 0 radical (unpaired) electrons. The Labute approximate surface area is 164 Å². The van der Waals surface area contributed by atoms with Gasteiger partial charge in [0.1, 0.15) is 6.61 Å². The van der Waals surface area contributed by atoms with E-state index < -0.39 is 6.16 Å². The summed E-state index contributed by atoms with van der Waals surface area (Å²) in [5, 5.41) is 0. The molecule has 0 aromatic heterocycles. The fourth-order valence-electron chi connectivity index (χ4n) is 3.16. The summed E-state index contributed by atoms with van der Waals surface area (Å²) in [5.74, 6) is -0.566. The van der Waals surface area contributed by atoms with Gasteiger partial charge in [0, 0.05) is 22.3 Å². The van der Waals surface area contributed by atoms with Crippen LogP contribution in [0.3, 0.4) is 0 Å². The summed E-state index contributed by atoms with van der Waals surface area (Å²) in [4.78, 5) is 38.0. The number of carbonyl (C=O) groups excluding carboxylic acids is 3. The van der Waals surface area contributed by atoms with Crippen molar-refractivity contribution in [2.24, 2.45) is 0 Å². The van der Waals surface area contributed by atoms with Gasteiger partial charge in [-0.25, -0.2) is 4.79 Å². The van der Waals surface area contributed by atoms with Crippen LogP contribution in [0.2, 0.25) is 0 Å². The smallest absolute Gasteiger partial charge is 0.434 e. The second-order valence-electron chi connectivity index (χ2n) is 6.52. The van der Waals surface area contributed by atoms with E-state index in [1.807, 2.05) is 6.07 Å². The first-order valence-electron chi connectivity index (χ1n) is 9.40. The van der Waals surface area contributed by atoms with Crippen molar-refractivity contribution in [2.45, 2.75) is 26.2 Å². The third-order valence-electron chi connectivity index (χ3n) is 4.58. The van der Waals surface area contributed by atoms with Gasteiger partial charge in [0.05, 0.1) is 6.61 Å². The summed E-state index contributed by atoms with van der Waals surface area (Å²) in [5.41, 5.74) is 1.73. The van der Waals surface area contributed by atoms with Crippen molar-refractivity contribution in [3.05, 3.63) is 76.9 Å². The van der Waals surface area contributed by atoms with E-state index in [4.69, 9.17) is 9.47 Å². The van der Waals surface area contributed by atoms with Crippen LogP contribution in [0, 0.1) is 0 Å². The van der Waals surface area contributed by atoms with E-state index in [0.29, 0.717) is 16.7 Å². The second kappa shape index (κ2) is 9.13. The Balaban J connectivity index is 1.87. The first kappa shape index (κ1) is 19.5. The molecule has 0 fully saturated rings. The summed E-state index contributed by atoms with van der Waals surface area (Å²) in [7, 11) is 0. The van der Waals surface area contributed by atoms with Crippen LogP contribution in [0.4, 0.5) is 4.79 Å². The number of benzene rings is 2. The van der Waals surface area contributed by atoms with Crippen molar-refractivity contribution in [1.29, 1.82) is 0 Å². The monoisotopic (exact) mass is 378 g/mol. The van der Waals surface area contributed by atoms with Gasteiger partial charge in [-0.2, -0.15) is 0 Å². The normalized spacial score (nSPS) is 13.3. The topological polar surface area (TPSA) is 69.7 Å². The highest BCUT2D eigenvalue weighted by Gasteiger charge is 2.33. The van der Waals surface area contributed by atoms with Gasteiger partial charge < -0.3 is 9.47 Å². The number of ketones is 2. The molecule has 0 spiro atoms. The van der Waals surface area contributed by atoms with E-state index >= 15 is 0 Å². The molecule has 0 aliphatic heterocycles. The third kappa shape index (κ3) is 4.19. The first-order chi connectivity index (χ1) is 13.6. The summed E-state index contributed by atoms with van der Waals surface area (Å²) < 4.78 is 10.2. The van der Waals surface area contributed by atoms with Crippen LogP contribution in [-0.4, -0.2) is 30.9 Å². The Kier molecular flexibility index (Phi) is 6.37. The second-order valence-corrected chi connectivity index (χ2v) is 6.52. The van der Waals surface area contributed by atoms with Crippen molar-refractivity contribution < 1.29 is 23.9 Å². The van der Waals surface area contributed by atoms with Crippen LogP contribution in [0.1, 0.15) is 52.5 Å². The highest BCUT2D eigenvalue weighted by atomic mass is 16.7. The van der Waals surface area contributed by atoms with E-state index in [0.717, 1.165) is 19.3 Å². The Morgan fingerprint density at radius 1 is 0.821 bits per heavy atom. The van der Waals surface area contributed by atoms with E-state index in [9.17, 15) is 14.4 Å². The zero-order valence-corrected chi connectivity index (χ0v) is 15.8. The molecule has 1 aliphatic rings. The molecule has 0 atom stereocenters. The molecule has 0 saturated heterocycles. The molecular formula is C23H22O5. The van der Waals surface area contributed by atoms with Gasteiger partial charge in [-0.05, 0) is 12.0 Å². The fourth-order valence-corrected chi connectivity index (χ4v) is 3.16. The van der Waals surface area contributed by atoms with Crippen molar-refractivity contribution in [3.63, 3.8) is 0 Å². The Bertz CT molecular complexity index is 912. The Hall–Kier alpha value is -3.21. The third-order valence-corrected chi connectivity index (χ3v) is 4.58. The molecule has 2 aromatic rings. The predicted molar refractivity (Wildman–Crippen MR) is 105 cm³/mol. The molecule has 28 heavy (non-hydrogen) atoms. The quantitative estimate of drug-likeness (QED) is 0.508. The lowest BCUT2D eigenvalue weighted by atomic mass is 9.81. The maximum atomic E-state index is 13.1. The van der Waals surface area contributed by atoms with Crippen LogP contribution in [-0.2, 0) is 9.47 Å². The van der Waals surface area contributed by atoms with Gasteiger partial charge in [-0.3, -0.25) is 9.59 Å². The van der Waals surface area contributed by atoms with Crippen molar-refractivity contribution in [3.8, 4) is 0 Å². The molecule has 0 N–H and O–H groups in total. The molecule has 0 amide bonds. The lowest BCUT2D eigenvalue weighted by Crippen LogP contribution is -2.25. The van der Waals surface area contributed by atoms with Gasteiger partial charge in [0.25, 0.3) is 0 Å². The molecule has 144 valence electrons. The maximum Gasteiger partial charge on any atom is 0.508 e. The number of Topliss-reactive ketones (excluding diaryl/α,β-unsaturated/α-hetero) is 2. The predicted octanol–water partition coefficient (Wildman–Crippen LogP) is 4.86. The first-order valence-corrected chi connectivity index (χ1v) is 9.40. The van der Waals surface area contributed by atoms with E-state index in [1.165, 1.54) is 0 Å². The molecule has 0 bridgehead atoms. The van der Waals surface area contributed by atoms with Crippen LogP contribution in [0.15, 0.2) is 60.2 Å². The molecule has 3 rings (SSSR count). The highest BCUT2D eigenvalue weighted by molar-refractivity contribution is 6.40. The number of carbonyl (C=O) groups is 3. The SMILES string of the molecule is CCCCCOC(=O)OCC1=C(c2ccccc2)C(=O)c2ccccc2C1=O. The maximum absolute atomic E-state index is 13.1. The largest absolute Gasteiger partial charge is 0.508 e. The van der Waals surface area contributed by atoms with Gasteiger partial charge in [-0.15, -0.1) is 0 Å². The molecular weight excluding hydrogens is 356 g/mol. The molecule has 0 saturated carbocycles. The summed E-state index contributed by atoms with van der Waals surface area (Å²) in [6.07, 6.45) is 1.89. The molecule has 2 aromatic carbocycles. The van der Waals surface area contributed by atoms with Crippen molar-refractivity contribution in [2.75, 3.05) is 13.2 Å². The number of fused-ring (bicyclic) bond motifs is 1. The number of hydrogen-bond donors (Lipinski definition) is 0. The number of ether oxygens (including phenoxy) is 2. The van der Waals surface area contributed by atoms with Crippen LogP contribution in [0.25, 0.3) is 5.57 Å². The van der Waals surface area contributed by atoms with E-state index in [2.05, 4.69) is 6.92 Å². The van der Waals surface area contributed by atoms with Crippen molar-refractivity contribution in [1.82, 2.24) is 0 Å². The summed E-state index contributed by atoms with van der Waals surface area (Å²) >= 11 is 0. The zero-order chi connectivity index (χ0) is 19.9. The minimum absolute atomic E-state index is 0.167. The lowest BCUT2D eigenvalue weighted by Gasteiger charge is -2.21. The average molecular weight is 378 g/mol. The number of hydrogen-bond acceptors (Lipinski definition) is 5. The molecule has 1 aliphatic carbocycles. The number of unbranched alkanes of at least 4 members (excludes halogenated alkanes) is 2. The summed E-state index contributed by atoms with van der Waals surface area (Å²) in [6.45, 7) is 2.02. The molecule has 0 heterocycles. The Morgan fingerprint density at radius 2 is 1.46 bits per heavy atom. The van der Waals surface area contributed by atoms with Crippen LogP contribution >= 0.6 is 0 Å². The van der Waals surface area contributed by atoms with Gasteiger partial charge in [0.2, 0.25) is 0 Å². The molecule has 0 unspecified atom stereocenters. The van der Waals surface area contributed by atoms with Crippen molar-refractivity contribution >= 4 is 23.3 Å². The highest BCUT2D eigenvalue weighted by Crippen LogP contribution is 2.32. The summed E-state index contributed by atoms with van der Waals surface area (Å²) in [6, 6.07) is 15.6. The van der Waals surface area contributed by atoms with Crippen LogP contribution in [0.5, 0.6) is 0 Å². The standard InChI is InChI=1S/C23H22O5/c1-2-3-9-14-27-23(26)28-15-19-20(16-10-5-4-6-11-16)22(25)18-13-8-7-12-17(18)21(19)24/h4-8,10-13H,2-3,9,14-15H2,1H3. The van der Waals surface area contributed by atoms with E-state index in [1.54, 1.807) is 48.5 Å². The average Bonchev–Trinajstić information content (AvgIpc) is 2.73. The number of allylic oxidation sites excluding steroid dienone is 1. The van der Waals surface area contributed by atoms with Crippen LogP contribution < -0.4 is 0 Å². The Morgan fingerprint density at radius 3 is 2.14 bits per heavy atom. The molecule has 5 nitrogen and oxygen atoms in total.